The highest BCUT2D eigenvalue weighted by Gasteiger charge is 2.04. The Morgan fingerprint density at radius 3 is 2.42 bits per heavy atom. The molecular weight excluding hydrogens is 168 g/mol. The third-order valence-electron chi connectivity index (χ3n) is 1.73. The van der Waals surface area contributed by atoms with Gasteiger partial charge in [0.15, 0.2) is 0 Å². The molecule has 2 rings (SSSR count). The molecule has 1 aliphatic rings. The Morgan fingerprint density at radius 1 is 1.08 bits per heavy atom. The highest BCUT2D eigenvalue weighted by atomic mass is 32.2. The van der Waals surface area contributed by atoms with Gasteiger partial charge in [0.05, 0.1) is 10.8 Å². The van der Waals surface area contributed by atoms with Crippen molar-refractivity contribution < 1.29 is 4.21 Å². The van der Waals surface area contributed by atoms with Gasteiger partial charge >= 0.3 is 0 Å². The molecule has 60 valence electrons. The van der Waals surface area contributed by atoms with Gasteiger partial charge < -0.3 is 0 Å². The van der Waals surface area contributed by atoms with Crippen LogP contribution in [0.4, 0.5) is 0 Å². The molecule has 0 aliphatic carbocycles. The first kappa shape index (κ1) is 7.50. The summed E-state index contributed by atoms with van der Waals surface area (Å²) in [5.74, 6) is 0. The maximum Gasteiger partial charge on any atom is 0.0708 e. The summed E-state index contributed by atoms with van der Waals surface area (Å²) in [6, 6.07) is 9.95. The zero-order valence-corrected chi connectivity index (χ0v) is 7.25. The zero-order chi connectivity index (χ0) is 8.39. The predicted molar refractivity (Wildman–Crippen MR) is 51.7 cm³/mol. The van der Waals surface area contributed by atoms with E-state index in [0.29, 0.717) is 0 Å². The molecule has 0 saturated carbocycles. The molecule has 0 amide bonds. The molecular formula is C10H8OS. The van der Waals surface area contributed by atoms with E-state index in [1.54, 1.807) is 10.8 Å². The van der Waals surface area contributed by atoms with E-state index in [1.807, 2.05) is 36.4 Å². The first-order valence-electron chi connectivity index (χ1n) is 3.71. The standard InChI is InChI=1S/C10H8OS/c11-12-7-6-10(8-12)9-4-2-1-3-5-9/h1-8H. The highest BCUT2D eigenvalue weighted by Crippen LogP contribution is 2.20. The summed E-state index contributed by atoms with van der Waals surface area (Å²) in [5.41, 5.74) is 2.17. The van der Waals surface area contributed by atoms with Crippen molar-refractivity contribution in [1.82, 2.24) is 0 Å². The van der Waals surface area contributed by atoms with E-state index in [1.165, 1.54) is 0 Å². The minimum atomic E-state index is -0.896. The molecule has 0 N–H and O–H groups in total. The molecule has 0 spiro atoms. The normalized spacial score (nSPS) is 21.0. The van der Waals surface area contributed by atoms with Crippen molar-refractivity contribution >= 4 is 16.4 Å². The topological polar surface area (TPSA) is 17.1 Å². The largest absolute Gasteiger partial charge is 0.250 e. The average Bonchev–Trinajstić information content (AvgIpc) is 2.54. The van der Waals surface area contributed by atoms with E-state index in [-0.39, 0.29) is 0 Å². The van der Waals surface area contributed by atoms with Gasteiger partial charge in [-0.05, 0) is 17.2 Å². The SMILES string of the molecule is O=S1C=CC(c2ccccc2)=C1. The quantitative estimate of drug-likeness (QED) is 0.641. The molecule has 0 saturated heterocycles. The molecule has 1 aliphatic heterocycles. The molecule has 1 atom stereocenters. The van der Waals surface area contributed by atoms with Crippen LogP contribution in [0.25, 0.3) is 5.57 Å². The summed E-state index contributed by atoms with van der Waals surface area (Å²) in [4.78, 5) is 0. The molecule has 1 aromatic carbocycles. The second-order valence-corrected chi connectivity index (χ2v) is 3.74. The van der Waals surface area contributed by atoms with Crippen LogP contribution >= 0.6 is 0 Å². The van der Waals surface area contributed by atoms with Crippen molar-refractivity contribution in [2.45, 2.75) is 0 Å². The van der Waals surface area contributed by atoms with Crippen LogP contribution in [0.5, 0.6) is 0 Å². The lowest BCUT2D eigenvalue weighted by atomic mass is 10.1. The minimum Gasteiger partial charge on any atom is -0.250 e. The maximum absolute atomic E-state index is 11.0. The second-order valence-electron chi connectivity index (χ2n) is 2.57. The molecule has 0 radical (unpaired) electrons. The van der Waals surface area contributed by atoms with E-state index in [0.717, 1.165) is 11.1 Å². The average molecular weight is 176 g/mol. The molecule has 1 unspecified atom stereocenters. The maximum atomic E-state index is 11.0. The second kappa shape index (κ2) is 3.07. The van der Waals surface area contributed by atoms with Crippen molar-refractivity contribution in [3.8, 4) is 0 Å². The number of rotatable bonds is 1. The summed E-state index contributed by atoms with van der Waals surface area (Å²) in [7, 11) is -0.896. The Hall–Kier alpha value is -1.15. The van der Waals surface area contributed by atoms with Crippen molar-refractivity contribution in [2.75, 3.05) is 0 Å². The highest BCUT2D eigenvalue weighted by molar-refractivity contribution is 7.91. The molecule has 1 nitrogen and oxygen atoms in total. The van der Waals surface area contributed by atoms with Crippen molar-refractivity contribution in [3.05, 3.63) is 52.8 Å². The van der Waals surface area contributed by atoms with Gasteiger partial charge in [0, 0.05) is 10.8 Å². The van der Waals surface area contributed by atoms with E-state index < -0.39 is 10.8 Å². The number of hydrogen-bond acceptors (Lipinski definition) is 1. The Morgan fingerprint density at radius 2 is 1.83 bits per heavy atom. The number of hydrogen-bond donors (Lipinski definition) is 0. The molecule has 2 heteroatoms. The molecule has 0 bridgehead atoms. The third-order valence-corrected chi connectivity index (χ3v) is 2.62. The summed E-state index contributed by atoms with van der Waals surface area (Å²) < 4.78 is 11.0. The van der Waals surface area contributed by atoms with Crippen LogP contribution in [-0.4, -0.2) is 4.21 Å². The lowest BCUT2D eigenvalue weighted by Gasteiger charge is -1.95. The fraction of sp³-hybridized carbons (Fsp3) is 0. The fourth-order valence-corrected chi connectivity index (χ4v) is 1.96. The van der Waals surface area contributed by atoms with Crippen LogP contribution in [0.2, 0.25) is 0 Å². The van der Waals surface area contributed by atoms with E-state index >= 15 is 0 Å². The van der Waals surface area contributed by atoms with Gasteiger partial charge in [-0.3, -0.25) is 4.21 Å². The predicted octanol–water partition coefficient (Wildman–Crippen LogP) is 2.30. The fourth-order valence-electron chi connectivity index (χ4n) is 1.14. The Bertz CT molecular complexity index is 363. The van der Waals surface area contributed by atoms with Crippen molar-refractivity contribution in [2.24, 2.45) is 0 Å². The summed E-state index contributed by atoms with van der Waals surface area (Å²) in [6.45, 7) is 0. The van der Waals surface area contributed by atoms with E-state index in [4.69, 9.17) is 0 Å². The zero-order valence-electron chi connectivity index (χ0n) is 6.44. The van der Waals surface area contributed by atoms with E-state index in [9.17, 15) is 4.21 Å². The third kappa shape index (κ3) is 1.38. The van der Waals surface area contributed by atoms with Gasteiger partial charge in [0.2, 0.25) is 0 Å². The Kier molecular flexibility index (Phi) is 1.92. The minimum absolute atomic E-state index is 0.896. The molecule has 0 aromatic heterocycles. The van der Waals surface area contributed by atoms with Crippen molar-refractivity contribution in [3.63, 3.8) is 0 Å². The van der Waals surface area contributed by atoms with Gasteiger partial charge in [-0.25, -0.2) is 0 Å². The number of allylic oxidation sites excluding steroid dienone is 2. The van der Waals surface area contributed by atoms with Gasteiger partial charge in [-0.2, -0.15) is 0 Å². The van der Waals surface area contributed by atoms with Gasteiger partial charge in [-0.1, -0.05) is 30.3 Å². The van der Waals surface area contributed by atoms with Crippen LogP contribution in [0.1, 0.15) is 5.56 Å². The van der Waals surface area contributed by atoms with Crippen LogP contribution in [0.3, 0.4) is 0 Å². The van der Waals surface area contributed by atoms with Crippen LogP contribution in [0.15, 0.2) is 47.2 Å². The van der Waals surface area contributed by atoms with Crippen molar-refractivity contribution in [1.29, 1.82) is 0 Å². The molecule has 12 heavy (non-hydrogen) atoms. The van der Waals surface area contributed by atoms with Gasteiger partial charge in [0.25, 0.3) is 0 Å². The molecule has 1 heterocycles. The Labute approximate surface area is 73.9 Å². The smallest absolute Gasteiger partial charge is 0.0708 e. The van der Waals surface area contributed by atoms with Crippen LogP contribution in [-0.2, 0) is 10.8 Å². The molecule has 0 fully saturated rings. The Balaban J connectivity index is 2.40. The first-order valence-corrected chi connectivity index (χ1v) is 4.99. The van der Waals surface area contributed by atoms with Gasteiger partial charge in [0.1, 0.15) is 0 Å². The molecule has 1 aromatic rings. The van der Waals surface area contributed by atoms with Crippen LogP contribution < -0.4 is 0 Å². The summed E-state index contributed by atoms with van der Waals surface area (Å²) in [5, 5.41) is 3.46. The lowest BCUT2D eigenvalue weighted by molar-refractivity contribution is 0.693. The lowest BCUT2D eigenvalue weighted by Crippen LogP contribution is -1.76. The number of benzene rings is 1. The monoisotopic (exact) mass is 176 g/mol. The first-order chi connectivity index (χ1) is 5.86. The van der Waals surface area contributed by atoms with Gasteiger partial charge in [-0.15, -0.1) is 0 Å². The van der Waals surface area contributed by atoms with E-state index in [2.05, 4.69) is 0 Å². The van der Waals surface area contributed by atoms with Crippen LogP contribution in [0, 0.1) is 0 Å². The summed E-state index contributed by atoms with van der Waals surface area (Å²) >= 11 is 0. The summed E-state index contributed by atoms with van der Waals surface area (Å²) in [6.07, 6.45) is 1.89.